The number of hydrogen-bond acceptors (Lipinski definition) is 4. The van der Waals surface area contributed by atoms with Crippen LogP contribution in [0.15, 0.2) is 12.3 Å². The number of pyridine rings is 1. The quantitative estimate of drug-likeness (QED) is 0.740. The van der Waals surface area contributed by atoms with Crippen LogP contribution in [0.4, 0.5) is 11.5 Å². The summed E-state index contributed by atoms with van der Waals surface area (Å²) >= 11 is 0. The van der Waals surface area contributed by atoms with Crippen LogP contribution in [-0.4, -0.2) is 29.7 Å². The Morgan fingerprint density at radius 1 is 1.53 bits per heavy atom. The summed E-state index contributed by atoms with van der Waals surface area (Å²) < 4.78 is 0. The van der Waals surface area contributed by atoms with Crippen LogP contribution >= 0.6 is 0 Å². The smallest absolute Gasteiger partial charge is 0.339 e. The first-order valence-corrected chi connectivity index (χ1v) is 5.76. The van der Waals surface area contributed by atoms with Crippen molar-refractivity contribution in [3.8, 4) is 0 Å². The number of nitrogens with zero attached hydrogens (tertiary/aromatic N) is 2. The molecule has 0 aliphatic carbocycles. The van der Waals surface area contributed by atoms with Crippen LogP contribution in [0.1, 0.15) is 36.5 Å². The summed E-state index contributed by atoms with van der Waals surface area (Å²) in [5, 5.41) is 9.09. The topological polar surface area (TPSA) is 79.5 Å². The molecule has 17 heavy (non-hydrogen) atoms. The third kappa shape index (κ3) is 3.62. The Hall–Kier alpha value is -1.78. The molecule has 94 valence electrons. The minimum atomic E-state index is -0.998. The van der Waals surface area contributed by atoms with Gasteiger partial charge < -0.3 is 15.7 Å². The van der Waals surface area contributed by atoms with E-state index >= 15 is 0 Å². The number of nitrogen functional groups attached to an aromatic ring is 1. The van der Waals surface area contributed by atoms with Crippen molar-refractivity contribution < 1.29 is 9.90 Å². The molecule has 0 atom stereocenters. The van der Waals surface area contributed by atoms with Gasteiger partial charge in [-0.25, -0.2) is 9.78 Å². The highest BCUT2D eigenvalue weighted by Crippen LogP contribution is 2.19. The average molecular weight is 237 g/mol. The van der Waals surface area contributed by atoms with E-state index in [0.29, 0.717) is 11.5 Å². The molecule has 1 aromatic heterocycles. The number of hydrogen-bond donors (Lipinski definition) is 2. The van der Waals surface area contributed by atoms with E-state index in [2.05, 4.69) is 11.9 Å². The molecule has 3 N–H and O–H groups in total. The third-order valence-electron chi connectivity index (χ3n) is 2.58. The molecule has 0 radical (unpaired) electrons. The lowest BCUT2D eigenvalue weighted by Gasteiger charge is -2.19. The van der Waals surface area contributed by atoms with E-state index in [1.165, 1.54) is 12.3 Å². The Morgan fingerprint density at radius 2 is 2.24 bits per heavy atom. The molecule has 0 unspecified atom stereocenters. The van der Waals surface area contributed by atoms with E-state index < -0.39 is 5.97 Å². The summed E-state index contributed by atoms with van der Waals surface area (Å²) in [6, 6.07) is 1.45. The van der Waals surface area contributed by atoms with Crippen molar-refractivity contribution in [3.05, 3.63) is 17.8 Å². The Kier molecular flexibility index (Phi) is 4.75. The first kappa shape index (κ1) is 13.3. The van der Waals surface area contributed by atoms with Crippen molar-refractivity contribution in [1.82, 2.24) is 4.98 Å². The molecule has 1 heterocycles. The second kappa shape index (κ2) is 6.08. The Morgan fingerprint density at radius 3 is 2.82 bits per heavy atom. The Balaban J connectivity index is 2.84. The molecule has 0 fully saturated rings. The van der Waals surface area contributed by atoms with Crippen molar-refractivity contribution in [2.75, 3.05) is 24.2 Å². The lowest BCUT2D eigenvalue weighted by atomic mass is 10.2. The largest absolute Gasteiger partial charge is 0.478 e. The van der Waals surface area contributed by atoms with Crippen molar-refractivity contribution in [2.24, 2.45) is 0 Å². The standard InChI is InChI=1S/C12H19N3O2/c1-3-4-5-6-15(2)11-10(12(16)17)7-9(13)8-14-11/h7-8H,3-6,13H2,1-2H3,(H,16,17). The molecule has 5 nitrogen and oxygen atoms in total. The zero-order valence-electron chi connectivity index (χ0n) is 10.3. The molecule has 0 amide bonds. The predicted molar refractivity (Wildman–Crippen MR) is 68.4 cm³/mol. The van der Waals surface area contributed by atoms with Crippen LogP contribution in [0.25, 0.3) is 0 Å². The van der Waals surface area contributed by atoms with Gasteiger partial charge in [0.05, 0.1) is 11.9 Å². The van der Waals surface area contributed by atoms with E-state index in [1.54, 1.807) is 0 Å². The number of carboxylic acid groups (broad SMARTS) is 1. The highest BCUT2D eigenvalue weighted by atomic mass is 16.4. The minimum Gasteiger partial charge on any atom is -0.478 e. The first-order valence-electron chi connectivity index (χ1n) is 5.76. The second-order valence-electron chi connectivity index (χ2n) is 4.07. The van der Waals surface area contributed by atoms with Crippen LogP contribution in [-0.2, 0) is 0 Å². The summed E-state index contributed by atoms with van der Waals surface area (Å²) in [7, 11) is 1.85. The number of carbonyl (C=O) groups is 1. The number of nitrogens with two attached hydrogens (primary N) is 1. The fourth-order valence-corrected chi connectivity index (χ4v) is 1.64. The van der Waals surface area contributed by atoms with Crippen molar-refractivity contribution in [3.63, 3.8) is 0 Å². The van der Waals surface area contributed by atoms with Gasteiger partial charge in [-0.2, -0.15) is 0 Å². The fraction of sp³-hybridized carbons (Fsp3) is 0.500. The maximum Gasteiger partial charge on any atom is 0.339 e. The van der Waals surface area contributed by atoms with Gasteiger partial charge in [-0.1, -0.05) is 19.8 Å². The second-order valence-corrected chi connectivity index (χ2v) is 4.07. The maximum atomic E-state index is 11.1. The van der Waals surface area contributed by atoms with E-state index in [9.17, 15) is 4.79 Å². The molecule has 0 aromatic carbocycles. The van der Waals surface area contributed by atoms with Gasteiger partial charge in [0.1, 0.15) is 11.4 Å². The number of unbranched alkanes of at least 4 members (excludes halogenated alkanes) is 2. The van der Waals surface area contributed by atoms with Gasteiger partial charge in [0.15, 0.2) is 0 Å². The number of rotatable bonds is 6. The summed E-state index contributed by atoms with van der Waals surface area (Å²) in [6.07, 6.45) is 4.77. The van der Waals surface area contributed by atoms with Crippen molar-refractivity contribution in [1.29, 1.82) is 0 Å². The van der Waals surface area contributed by atoms with Gasteiger partial charge in [0.25, 0.3) is 0 Å². The lowest BCUT2D eigenvalue weighted by molar-refractivity contribution is 0.0697. The van der Waals surface area contributed by atoms with Gasteiger partial charge in [-0.15, -0.1) is 0 Å². The van der Waals surface area contributed by atoms with Gasteiger partial charge in [0, 0.05) is 13.6 Å². The molecular formula is C12H19N3O2. The number of carboxylic acids is 1. The average Bonchev–Trinajstić information content (AvgIpc) is 2.29. The monoisotopic (exact) mass is 237 g/mol. The van der Waals surface area contributed by atoms with E-state index in [4.69, 9.17) is 10.8 Å². The number of aromatic carboxylic acids is 1. The summed E-state index contributed by atoms with van der Waals surface area (Å²) in [5.41, 5.74) is 6.07. The van der Waals surface area contributed by atoms with E-state index in [-0.39, 0.29) is 5.56 Å². The fourth-order valence-electron chi connectivity index (χ4n) is 1.64. The lowest BCUT2D eigenvalue weighted by Crippen LogP contribution is -2.22. The molecule has 0 aliphatic rings. The Labute approximate surface area is 101 Å². The van der Waals surface area contributed by atoms with Gasteiger partial charge in [0.2, 0.25) is 0 Å². The molecule has 0 saturated carbocycles. The summed E-state index contributed by atoms with van der Waals surface area (Å²) in [5.74, 6) is -0.523. The molecule has 1 rings (SSSR count). The zero-order valence-corrected chi connectivity index (χ0v) is 10.3. The molecule has 0 bridgehead atoms. The SMILES string of the molecule is CCCCCN(C)c1ncc(N)cc1C(=O)O. The molecule has 5 heteroatoms. The zero-order chi connectivity index (χ0) is 12.8. The molecule has 1 aromatic rings. The Bertz CT molecular complexity index is 393. The highest BCUT2D eigenvalue weighted by molar-refractivity contribution is 5.94. The third-order valence-corrected chi connectivity index (χ3v) is 2.58. The first-order chi connectivity index (χ1) is 8.06. The normalized spacial score (nSPS) is 10.2. The molecular weight excluding hydrogens is 218 g/mol. The molecule has 0 saturated heterocycles. The number of aromatic nitrogens is 1. The van der Waals surface area contributed by atoms with Crippen molar-refractivity contribution >= 4 is 17.5 Å². The summed E-state index contributed by atoms with van der Waals surface area (Å²) in [4.78, 5) is 17.0. The van der Waals surface area contributed by atoms with Crippen LogP contribution < -0.4 is 10.6 Å². The van der Waals surface area contributed by atoms with Crippen LogP contribution in [0, 0.1) is 0 Å². The predicted octanol–water partition coefficient (Wildman–Crippen LogP) is 1.99. The maximum absolute atomic E-state index is 11.1. The van der Waals surface area contributed by atoms with Crippen molar-refractivity contribution in [2.45, 2.75) is 26.2 Å². The highest BCUT2D eigenvalue weighted by Gasteiger charge is 2.15. The van der Waals surface area contributed by atoms with Gasteiger partial charge >= 0.3 is 5.97 Å². The molecule has 0 aliphatic heterocycles. The van der Waals surface area contributed by atoms with Crippen LogP contribution in [0.2, 0.25) is 0 Å². The van der Waals surface area contributed by atoms with Crippen LogP contribution in [0.3, 0.4) is 0 Å². The van der Waals surface area contributed by atoms with E-state index in [1.807, 2.05) is 11.9 Å². The minimum absolute atomic E-state index is 0.156. The van der Waals surface area contributed by atoms with Crippen LogP contribution in [0.5, 0.6) is 0 Å². The number of anilines is 2. The van der Waals surface area contributed by atoms with Gasteiger partial charge in [-0.3, -0.25) is 0 Å². The molecule has 0 spiro atoms. The van der Waals surface area contributed by atoms with Gasteiger partial charge in [-0.05, 0) is 12.5 Å². The summed E-state index contributed by atoms with van der Waals surface area (Å²) in [6.45, 7) is 2.93. The van der Waals surface area contributed by atoms with E-state index in [0.717, 1.165) is 25.8 Å².